The van der Waals surface area contributed by atoms with Gasteiger partial charge in [-0.05, 0) is 0 Å². The third-order valence-electron chi connectivity index (χ3n) is 1.30. The van der Waals surface area contributed by atoms with Crippen LogP contribution in [-0.4, -0.2) is 17.0 Å². The number of carbonyl (C=O) groups is 2. The van der Waals surface area contributed by atoms with Gasteiger partial charge in [0, 0.05) is 12.6 Å². The summed E-state index contributed by atoms with van der Waals surface area (Å²) in [7, 11) is 0. The van der Waals surface area contributed by atoms with Gasteiger partial charge in [-0.15, -0.1) is 0 Å². The van der Waals surface area contributed by atoms with E-state index in [9.17, 15) is 9.59 Å². The van der Waals surface area contributed by atoms with Gasteiger partial charge in [0.15, 0.2) is 0 Å². The minimum Gasteiger partial charge on any atom is -0.481 e. The van der Waals surface area contributed by atoms with Crippen LogP contribution in [0.1, 0.15) is 6.42 Å². The molecule has 0 aromatic carbocycles. The number of carboxylic acids is 1. The van der Waals surface area contributed by atoms with Gasteiger partial charge in [-0.3, -0.25) is 9.59 Å². The van der Waals surface area contributed by atoms with E-state index in [4.69, 9.17) is 5.11 Å². The molecule has 0 aromatic rings. The first-order chi connectivity index (χ1) is 4.70. The van der Waals surface area contributed by atoms with Crippen LogP contribution in [0.2, 0.25) is 0 Å². The lowest BCUT2D eigenvalue weighted by Crippen LogP contribution is -2.28. The van der Waals surface area contributed by atoms with E-state index in [1.54, 1.807) is 0 Å². The van der Waals surface area contributed by atoms with E-state index >= 15 is 0 Å². The third kappa shape index (κ3) is 1.34. The number of aliphatic carboxylic acids is 1. The minimum absolute atomic E-state index is 0.0475. The number of amides is 1. The molecular formula is C6H7NO3. The van der Waals surface area contributed by atoms with Gasteiger partial charge in [0.2, 0.25) is 5.91 Å². The maximum Gasteiger partial charge on any atom is 0.310 e. The summed E-state index contributed by atoms with van der Waals surface area (Å²) in [5.74, 6) is -1.84. The molecule has 2 N–H and O–H groups in total. The first-order valence-corrected chi connectivity index (χ1v) is 2.89. The Hall–Kier alpha value is -1.32. The molecule has 0 radical (unpaired) electrons. The molecule has 1 aliphatic heterocycles. The van der Waals surface area contributed by atoms with Crippen LogP contribution >= 0.6 is 0 Å². The van der Waals surface area contributed by atoms with E-state index in [-0.39, 0.29) is 12.3 Å². The van der Waals surface area contributed by atoms with Gasteiger partial charge < -0.3 is 10.4 Å². The van der Waals surface area contributed by atoms with Gasteiger partial charge >= 0.3 is 5.97 Å². The molecule has 1 aliphatic rings. The predicted octanol–water partition coefficient (Wildman–Crippen LogP) is -0.279. The van der Waals surface area contributed by atoms with E-state index in [1.165, 1.54) is 12.3 Å². The Labute approximate surface area is 57.5 Å². The van der Waals surface area contributed by atoms with Crippen molar-refractivity contribution in [3.05, 3.63) is 12.3 Å². The monoisotopic (exact) mass is 141 g/mol. The molecule has 0 saturated heterocycles. The van der Waals surface area contributed by atoms with Crippen molar-refractivity contribution < 1.29 is 14.7 Å². The van der Waals surface area contributed by atoms with Crippen molar-refractivity contribution in [1.82, 2.24) is 5.32 Å². The molecule has 0 bridgehead atoms. The molecule has 10 heavy (non-hydrogen) atoms. The zero-order chi connectivity index (χ0) is 7.56. The molecule has 1 atom stereocenters. The first kappa shape index (κ1) is 6.80. The van der Waals surface area contributed by atoms with Crippen molar-refractivity contribution >= 4 is 11.9 Å². The van der Waals surface area contributed by atoms with Crippen LogP contribution in [0.5, 0.6) is 0 Å². The van der Waals surface area contributed by atoms with E-state index in [2.05, 4.69) is 5.32 Å². The minimum atomic E-state index is -0.953. The maximum absolute atomic E-state index is 10.6. The lowest BCUT2D eigenvalue weighted by Gasteiger charge is -2.10. The second-order valence-electron chi connectivity index (χ2n) is 2.08. The van der Waals surface area contributed by atoms with Crippen molar-refractivity contribution in [1.29, 1.82) is 0 Å². The number of rotatable bonds is 1. The van der Waals surface area contributed by atoms with E-state index in [1.807, 2.05) is 0 Å². The zero-order valence-electron chi connectivity index (χ0n) is 5.20. The van der Waals surface area contributed by atoms with Crippen molar-refractivity contribution in [2.75, 3.05) is 0 Å². The fourth-order valence-corrected chi connectivity index (χ4v) is 0.754. The average molecular weight is 141 g/mol. The summed E-state index contributed by atoms with van der Waals surface area (Å²) in [5, 5.41) is 10.8. The quantitative estimate of drug-likeness (QED) is 0.527. The third-order valence-corrected chi connectivity index (χ3v) is 1.30. The smallest absolute Gasteiger partial charge is 0.310 e. The Balaban J connectivity index is 2.64. The summed E-state index contributed by atoms with van der Waals surface area (Å²) in [5.41, 5.74) is 0. The Morgan fingerprint density at radius 3 is 2.90 bits per heavy atom. The second-order valence-corrected chi connectivity index (χ2v) is 2.08. The standard InChI is InChI=1S/C6H7NO3/c8-5-3-4(6(9)10)1-2-7-5/h1-2,4H,3H2,(H,7,8)(H,9,10). The molecule has 1 rings (SSSR count). The summed E-state index contributed by atoms with van der Waals surface area (Å²) in [6.45, 7) is 0. The Bertz CT molecular complexity index is 197. The highest BCUT2D eigenvalue weighted by molar-refractivity contribution is 5.85. The zero-order valence-corrected chi connectivity index (χ0v) is 5.20. The van der Waals surface area contributed by atoms with Crippen molar-refractivity contribution in [2.45, 2.75) is 6.42 Å². The molecule has 1 amide bonds. The van der Waals surface area contributed by atoms with Crippen LogP contribution in [-0.2, 0) is 9.59 Å². The van der Waals surface area contributed by atoms with E-state index < -0.39 is 11.9 Å². The number of nitrogens with one attached hydrogen (secondary N) is 1. The highest BCUT2D eigenvalue weighted by Crippen LogP contribution is 2.08. The fraction of sp³-hybridized carbons (Fsp3) is 0.333. The van der Waals surface area contributed by atoms with Crippen LogP contribution in [0.3, 0.4) is 0 Å². The van der Waals surface area contributed by atoms with Crippen LogP contribution in [0, 0.1) is 5.92 Å². The van der Waals surface area contributed by atoms with Gasteiger partial charge in [-0.2, -0.15) is 0 Å². The van der Waals surface area contributed by atoms with Gasteiger partial charge in [-0.25, -0.2) is 0 Å². The lowest BCUT2D eigenvalue weighted by atomic mass is 10.0. The molecular weight excluding hydrogens is 134 g/mol. The predicted molar refractivity (Wildman–Crippen MR) is 33.0 cm³/mol. The topological polar surface area (TPSA) is 66.4 Å². The van der Waals surface area contributed by atoms with Gasteiger partial charge in [0.1, 0.15) is 0 Å². The fourth-order valence-electron chi connectivity index (χ4n) is 0.754. The normalized spacial score (nSPS) is 24.0. The van der Waals surface area contributed by atoms with Crippen molar-refractivity contribution in [3.8, 4) is 0 Å². The maximum atomic E-state index is 10.6. The van der Waals surface area contributed by atoms with Crippen LogP contribution < -0.4 is 5.32 Å². The molecule has 0 spiro atoms. The SMILES string of the molecule is O=C1CC(C(=O)O)C=CN1. The van der Waals surface area contributed by atoms with Crippen molar-refractivity contribution in [3.63, 3.8) is 0 Å². The van der Waals surface area contributed by atoms with Gasteiger partial charge in [-0.1, -0.05) is 6.08 Å². The van der Waals surface area contributed by atoms with E-state index in [0.29, 0.717) is 0 Å². The van der Waals surface area contributed by atoms with Gasteiger partial charge in [0.05, 0.1) is 5.92 Å². The Morgan fingerprint density at radius 2 is 2.50 bits per heavy atom. The van der Waals surface area contributed by atoms with E-state index in [0.717, 1.165) is 0 Å². The average Bonchev–Trinajstić information content (AvgIpc) is 1.88. The largest absolute Gasteiger partial charge is 0.481 e. The molecule has 1 heterocycles. The number of hydrogen-bond donors (Lipinski definition) is 2. The number of carboxylic acid groups (broad SMARTS) is 1. The van der Waals surface area contributed by atoms with Crippen molar-refractivity contribution in [2.24, 2.45) is 5.92 Å². The second kappa shape index (κ2) is 2.51. The van der Waals surface area contributed by atoms with Crippen LogP contribution in [0.25, 0.3) is 0 Å². The highest BCUT2D eigenvalue weighted by Gasteiger charge is 2.20. The molecule has 0 fully saturated rings. The number of carbonyl (C=O) groups excluding carboxylic acids is 1. The Morgan fingerprint density at radius 1 is 1.80 bits per heavy atom. The summed E-state index contributed by atoms with van der Waals surface area (Å²) in [4.78, 5) is 20.8. The summed E-state index contributed by atoms with van der Waals surface area (Å²) < 4.78 is 0. The molecule has 4 heteroatoms. The molecule has 0 aromatic heterocycles. The molecule has 0 saturated carbocycles. The molecule has 4 nitrogen and oxygen atoms in total. The summed E-state index contributed by atoms with van der Waals surface area (Å²) >= 11 is 0. The summed E-state index contributed by atoms with van der Waals surface area (Å²) in [6, 6.07) is 0. The van der Waals surface area contributed by atoms with Crippen LogP contribution in [0.15, 0.2) is 12.3 Å². The molecule has 1 unspecified atom stereocenters. The summed E-state index contributed by atoms with van der Waals surface area (Å²) in [6.07, 6.45) is 2.88. The Kier molecular flexibility index (Phi) is 1.71. The first-order valence-electron chi connectivity index (χ1n) is 2.89. The van der Waals surface area contributed by atoms with Gasteiger partial charge in [0.25, 0.3) is 0 Å². The molecule has 0 aliphatic carbocycles. The number of hydrogen-bond acceptors (Lipinski definition) is 2. The van der Waals surface area contributed by atoms with Crippen LogP contribution in [0.4, 0.5) is 0 Å². The lowest BCUT2D eigenvalue weighted by molar-refractivity contribution is -0.142. The molecule has 54 valence electrons. The highest BCUT2D eigenvalue weighted by atomic mass is 16.4.